The van der Waals surface area contributed by atoms with E-state index in [4.69, 9.17) is 0 Å². The van der Waals surface area contributed by atoms with Gasteiger partial charge in [-0.2, -0.15) is 5.10 Å². The zero-order valence-electron chi connectivity index (χ0n) is 9.47. The van der Waals surface area contributed by atoms with Gasteiger partial charge in [0.05, 0.1) is 11.4 Å². The maximum absolute atomic E-state index is 12.8. The summed E-state index contributed by atoms with van der Waals surface area (Å²) in [5, 5.41) is 7.19. The van der Waals surface area contributed by atoms with Gasteiger partial charge in [-0.15, -0.1) is 0 Å². The number of halogens is 1. The average Bonchev–Trinajstić information content (AvgIpc) is 2.90. The lowest BCUT2D eigenvalue weighted by molar-refractivity contribution is 0.628. The first kappa shape index (κ1) is 10.7. The van der Waals surface area contributed by atoms with E-state index >= 15 is 0 Å². The van der Waals surface area contributed by atoms with Gasteiger partial charge >= 0.3 is 0 Å². The van der Waals surface area contributed by atoms with Crippen LogP contribution >= 0.6 is 0 Å². The zero-order chi connectivity index (χ0) is 12.4. The third-order valence-corrected chi connectivity index (χ3v) is 2.71. The molecule has 0 aliphatic heterocycles. The first-order valence-corrected chi connectivity index (χ1v) is 5.55. The van der Waals surface area contributed by atoms with Crippen LogP contribution in [0.3, 0.4) is 0 Å². The van der Waals surface area contributed by atoms with Crippen LogP contribution in [0.1, 0.15) is 0 Å². The summed E-state index contributed by atoms with van der Waals surface area (Å²) in [4.78, 5) is 3.97. The first-order valence-electron chi connectivity index (χ1n) is 5.55. The number of rotatable bonds is 2. The molecule has 2 aromatic heterocycles. The molecule has 0 saturated heterocycles. The molecule has 0 unspecified atom stereocenters. The van der Waals surface area contributed by atoms with Crippen molar-refractivity contribution in [2.24, 2.45) is 0 Å². The van der Waals surface area contributed by atoms with Crippen molar-refractivity contribution in [2.45, 2.75) is 0 Å². The second-order valence-corrected chi connectivity index (χ2v) is 3.91. The van der Waals surface area contributed by atoms with E-state index in [-0.39, 0.29) is 5.82 Å². The molecule has 0 bridgehead atoms. The zero-order valence-corrected chi connectivity index (χ0v) is 9.47. The highest BCUT2D eigenvalue weighted by molar-refractivity contribution is 5.67. The third kappa shape index (κ3) is 2.00. The molecule has 0 radical (unpaired) electrons. The van der Waals surface area contributed by atoms with Crippen molar-refractivity contribution in [3.05, 3.63) is 60.7 Å². The molecule has 0 fully saturated rings. The minimum Gasteiger partial charge on any atom is -0.277 e. The SMILES string of the molecule is Fc1ccc(-c2cc(-c3ccncc3)[nH]n2)cc1. The molecule has 3 aromatic rings. The van der Waals surface area contributed by atoms with E-state index in [9.17, 15) is 4.39 Å². The Bertz CT molecular complexity index is 644. The minimum atomic E-state index is -0.247. The number of aromatic amines is 1. The lowest BCUT2D eigenvalue weighted by Crippen LogP contribution is -1.78. The molecule has 4 heteroatoms. The first-order chi connectivity index (χ1) is 8.83. The van der Waals surface area contributed by atoms with Crippen LogP contribution < -0.4 is 0 Å². The Kier molecular flexibility index (Phi) is 2.61. The van der Waals surface area contributed by atoms with Gasteiger partial charge in [-0.25, -0.2) is 4.39 Å². The standard InChI is InChI=1S/C14H10FN3/c15-12-3-1-10(2-4-12)13-9-14(18-17-13)11-5-7-16-8-6-11/h1-9H,(H,17,18). The van der Waals surface area contributed by atoms with Crippen LogP contribution in [-0.2, 0) is 0 Å². The fourth-order valence-electron chi connectivity index (χ4n) is 1.77. The molecule has 1 N–H and O–H groups in total. The van der Waals surface area contributed by atoms with Gasteiger partial charge in [0.2, 0.25) is 0 Å². The van der Waals surface area contributed by atoms with Gasteiger partial charge in [0.15, 0.2) is 0 Å². The van der Waals surface area contributed by atoms with E-state index in [2.05, 4.69) is 15.2 Å². The normalized spacial score (nSPS) is 10.5. The van der Waals surface area contributed by atoms with Gasteiger partial charge < -0.3 is 0 Å². The number of pyridine rings is 1. The summed E-state index contributed by atoms with van der Waals surface area (Å²) < 4.78 is 12.8. The van der Waals surface area contributed by atoms with E-state index in [1.807, 2.05) is 18.2 Å². The van der Waals surface area contributed by atoms with Crippen LogP contribution in [0.5, 0.6) is 0 Å². The number of aromatic nitrogens is 3. The smallest absolute Gasteiger partial charge is 0.123 e. The van der Waals surface area contributed by atoms with Crippen LogP contribution in [-0.4, -0.2) is 15.2 Å². The van der Waals surface area contributed by atoms with E-state index in [1.165, 1.54) is 12.1 Å². The van der Waals surface area contributed by atoms with Crippen LogP contribution in [0.25, 0.3) is 22.5 Å². The maximum Gasteiger partial charge on any atom is 0.123 e. The van der Waals surface area contributed by atoms with Crippen molar-refractivity contribution in [3.63, 3.8) is 0 Å². The fourth-order valence-corrected chi connectivity index (χ4v) is 1.77. The van der Waals surface area contributed by atoms with E-state index < -0.39 is 0 Å². The molecule has 0 saturated carbocycles. The number of hydrogen-bond donors (Lipinski definition) is 1. The van der Waals surface area contributed by atoms with Gasteiger partial charge in [-0.1, -0.05) is 0 Å². The Balaban J connectivity index is 1.97. The predicted molar refractivity (Wildman–Crippen MR) is 67.2 cm³/mol. The molecule has 88 valence electrons. The van der Waals surface area contributed by atoms with Crippen LogP contribution in [0, 0.1) is 5.82 Å². The minimum absolute atomic E-state index is 0.247. The Labute approximate surface area is 103 Å². The third-order valence-electron chi connectivity index (χ3n) is 2.71. The molecule has 18 heavy (non-hydrogen) atoms. The number of H-pyrrole nitrogens is 1. The number of nitrogens with zero attached hydrogens (tertiary/aromatic N) is 2. The fraction of sp³-hybridized carbons (Fsp3) is 0. The Hall–Kier alpha value is -2.49. The lowest BCUT2D eigenvalue weighted by atomic mass is 10.1. The monoisotopic (exact) mass is 239 g/mol. The molecular formula is C14H10FN3. The summed E-state index contributed by atoms with van der Waals surface area (Å²) in [6.45, 7) is 0. The summed E-state index contributed by atoms with van der Waals surface area (Å²) in [7, 11) is 0. The Morgan fingerprint density at radius 3 is 2.33 bits per heavy atom. The second-order valence-electron chi connectivity index (χ2n) is 3.91. The Morgan fingerprint density at radius 2 is 1.61 bits per heavy atom. The van der Waals surface area contributed by atoms with Crippen molar-refractivity contribution < 1.29 is 4.39 Å². The number of hydrogen-bond acceptors (Lipinski definition) is 2. The van der Waals surface area contributed by atoms with Crippen LogP contribution in [0.2, 0.25) is 0 Å². The molecule has 0 atom stereocenters. The summed E-state index contributed by atoms with van der Waals surface area (Å²) in [5.41, 5.74) is 3.61. The van der Waals surface area contributed by atoms with Gasteiger partial charge in [0.25, 0.3) is 0 Å². The van der Waals surface area contributed by atoms with E-state index in [1.54, 1.807) is 24.5 Å². The number of nitrogens with one attached hydrogen (secondary N) is 1. The molecule has 0 aliphatic rings. The van der Waals surface area contributed by atoms with E-state index in [0.29, 0.717) is 0 Å². The van der Waals surface area contributed by atoms with E-state index in [0.717, 1.165) is 22.5 Å². The molecule has 0 amide bonds. The van der Waals surface area contributed by atoms with Crippen LogP contribution in [0.4, 0.5) is 4.39 Å². The summed E-state index contributed by atoms with van der Waals surface area (Å²) in [6.07, 6.45) is 3.46. The summed E-state index contributed by atoms with van der Waals surface area (Å²) in [6, 6.07) is 12.0. The largest absolute Gasteiger partial charge is 0.277 e. The van der Waals surface area contributed by atoms with Crippen molar-refractivity contribution in [2.75, 3.05) is 0 Å². The lowest BCUT2D eigenvalue weighted by Gasteiger charge is -1.95. The van der Waals surface area contributed by atoms with Crippen LogP contribution in [0.15, 0.2) is 54.9 Å². The molecule has 2 heterocycles. The van der Waals surface area contributed by atoms with Gasteiger partial charge in [-0.3, -0.25) is 10.1 Å². The average molecular weight is 239 g/mol. The second kappa shape index (κ2) is 4.41. The van der Waals surface area contributed by atoms with Crippen molar-refractivity contribution in [3.8, 4) is 22.5 Å². The Morgan fingerprint density at radius 1 is 0.889 bits per heavy atom. The molecule has 3 nitrogen and oxygen atoms in total. The van der Waals surface area contributed by atoms with Crippen molar-refractivity contribution >= 4 is 0 Å². The predicted octanol–water partition coefficient (Wildman–Crippen LogP) is 3.28. The highest BCUT2D eigenvalue weighted by Gasteiger charge is 2.05. The van der Waals surface area contributed by atoms with Gasteiger partial charge in [-0.05, 0) is 42.5 Å². The topological polar surface area (TPSA) is 41.6 Å². The molecule has 1 aromatic carbocycles. The molecule has 3 rings (SSSR count). The molecule has 0 aliphatic carbocycles. The maximum atomic E-state index is 12.8. The van der Waals surface area contributed by atoms with Gasteiger partial charge in [0, 0.05) is 23.5 Å². The van der Waals surface area contributed by atoms with Gasteiger partial charge in [0.1, 0.15) is 5.82 Å². The molecular weight excluding hydrogens is 229 g/mol. The highest BCUT2D eigenvalue weighted by atomic mass is 19.1. The van der Waals surface area contributed by atoms with Crippen molar-refractivity contribution in [1.82, 2.24) is 15.2 Å². The molecule has 0 spiro atoms. The highest BCUT2D eigenvalue weighted by Crippen LogP contribution is 2.23. The number of benzene rings is 1. The quantitative estimate of drug-likeness (QED) is 0.745. The van der Waals surface area contributed by atoms with Crippen molar-refractivity contribution in [1.29, 1.82) is 0 Å². The summed E-state index contributed by atoms with van der Waals surface area (Å²) in [5.74, 6) is -0.247. The summed E-state index contributed by atoms with van der Waals surface area (Å²) >= 11 is 0.